The Morgan fingerprint density at radius 3 is 2.53 bits per heavy atom. The zero-order chi connectivity index (χ0) is 11.1. The molecule has 1 aromatic carbocycles. The molecule has 1 N–H and O–H groups in total. The molecule has 1 aromatic rings. The van der Waals surface area contributed by atoms with E-state index in [9.17, 15) is 5.11 Å². The van der Waals surface area contributed by atoms with Crippen molar-refractivity contribution in [1.29, 1.82) is 0 Å². The van der Waals surface area contributed by atoms with Gasteiger partial charge in [-0.25, -0.2) is 0 Å². The lowest BCUT2D eigenvalue weighted by atomic mass is 9.94. The smallest absolute Gasteiger partial charge is 0.0690 e. The Balaban J connectivity index is 2.24. The SMILES string of the molecule is Cc1ccc(C(C)C)cc1CC1(O)CC1. The van der Waals surface area contributed by atoms with E-state index >= 15 is 0 Å². The van der Waals surface area contributed by atoms with Gasteiger partial charge in [0, 0.05) is 6.42 Å². The van der Waals surface area contributed by atoms with Gasteiger partial charge in [0.2, 0.25) is 0 Å². The first-order valence-corrected chi connectivity index (χ1v) is 5.82. The van der Waals surface area contributed by atoms with Crippen molar-refractivity contribution in [2.45, 2.75) is 51.6 Å². The van der Waals surface area contributed by atoms with Crippen LogP contribution >= 0.6 is 0 Å². The molecule has 0 saturated heterocycles. The summed E-state index contributed by atoms with van der Waals surface area (Å²) in [7, 11) is 0. The largest absolute Gasteiger partial charge is 0.390 e. The average Bonchev–Trinajstić information content (AvgIpc) is 2.87. The fourth-order valence-electron chi connectivity index (χ4n) is 1.92. The molecule has 82 valence electrons. The van der Waals surface area contributed by atoms with Crippen LogP contribution in [-0.4, -0.2) is 10.7 Å². The number of hydrogen-bond acceptors (Lipinski definition) is 1. The Morgan fingerprint density at radius 1 is 1.33 bits per heavy atom. The van der Waals surface area contributed by atoms with Crippen LogP contribution in [0.3, 0.4) is 0 Å². The second-order valence-electron chi connectivity index (χ2n) is 5.24. The van der Waals surface area contributed by atoms with Crippen molar-refractivity contribution in [1.82, 2.24) is 0 Å². The lowest BCUT2D eigenvalue weighted by Crippen LogP contribution is -2.12. The molecule has 2 rings (SSSR count). The molecule has 0 aliphatic heterocycles. The van der Waals surface area contributed by atoms with Crippen LogP contribution in [0.25, 0.3) is 0 Å². The third kappa shape index (κ3) is 2.40. The second-order valence-corrected chi connectivity index (χ2v) is 5.24. The standard InChI is InChI=1S/C14H20O/c1-10(2)12-5-4-11(3)13(8-12)9-14(15)6-7-14/h4-5,8,10,15H,6-7,9H2,1-3H3. The molecule has 1 aliphatic rings. The minimum atomic E-state index is -0.375. The zero-order valence-electron chi connectivity index (χ0n) is 9.88. The molecule has 1 nitrogen and oxygen atoms in total. The molecule has 1 heteroatoms. The number of rotatable bonds is 3. The molecule has 0 bridgehead atoms. The summed E-state index contributed by atoms with van der Waals surface area (Å²) >= 11 is 0. The van der Waals surface area contributed by atoms with Crippen molar-refractivity contribution in [2.24, 2.45) is 0 Å². The summed E-state index contributed by atoms with van der Waals surface area (Å²) < 4.78 is 0. The van der Waals surface area contributed by atoms with Crippen LogP contribution in [0.4, 0.5) is 0 Å². The fourth-order valence-corrected chi connectivity index (χ4v) is 1.92. The highest BCUT2D eigenvalue weighted by molar-refractivity contribution is 5.34. The van der Waals surface area contributed by atoms with Crippen molar-refractivity contribution in [2.75, 3.05) is 0 Å². The van der Waals surface area contributed by atoms with Crippen molar-refractivity contribution in [3.63, 3.8) is 0 Å². The molecule has 0 unspecified atom stereocenters. The van der Waals surface area contributed by atoms with E-state index in [1.165, 1.54) is 16.7 Å². The highest BCUT2D eigenvalue weighted by Crippen LogP contribution is 2.39. The number of hydrogen-bond donors (Lipinski definition) is 1. The van der Waals surface area contributed by atoms with Crippen LogP contribution in [0.2, 0.25) is 0 Å². The van der Waals surface area contributed by atoms with Gasteiger partial charge < -0.3 is 5.11 Å². The Labute approximate surface area is 92.1 Å². The van der Waals surface area contributed by atoms with Crippen LogP contribution in [0.15, 0.2) is 18.2 Å². The van der Waals surface area contributed by atoms with Gasteiger partial charge in [-0.2, -0.15) is 0 Å². The second kappa shape index (κ2) is 3.64. The van der Waals surface area contributed by atoms with Gasteiger partial charge in [-0.1, -0.05) is 32.0 Å². The van der Waals surface area contributed by atoms with Crippen LogP contribution in [0.1, 0.15) is 49.3 Å². The predicted molar refractivity (Wildman–Crippen MR) is 63.2 cm³/mol. The van der Waals surface area contributed by atoms with Gasteiger partial charge in [-0.15, -0.1) is 0 Å². The Bertz CT molecular complexity index is 362. The van der Waals surface area contributed by atoms with Gasteiger partial charge in [-0.05, 0) is 42.4 Å². The van der Waals surface area contributed by atoms with E-state index < -0.39 is 0 Å². The summed E-state index contributed by atoms with van der Waals surface area (Å²) in [5.74, 6) is 0.568. The maximum atomic E-state index is 9.94. The Hall–Kier alpha value is -0.820. The summed E-state index contributed by atoms with van der Waals surface area (Å²) in [4.78, 5) is 0. The Morgan fingerprint density at radius 2 is 2.00 bits per heavy atom. The molecule has 0 spiro atoms. The molecule has 1 saturated carbocycles. The third-order valence-electron chi connectivity index (χ3n) is 3.39. The van der Waals surface area contributed by atoms with E-state index in [2.05, 4.69) is 39.0 Å². The van der Waals surface area contributed by atoms with Crippen molar-refractivity contribution >= 4 is 0 Å². The molecule has 0 aromatic heterocycles. The number of benzene rings is 1. The maximum Gasteiger partial charge on any atom is 0.0690 e. The minimum absolute atomic E-state index is 0.375. The normalized spacial score (nSPS) is 18.2. The van der Waals surface area contributed by atoms with Gasteiger partial charge in [0.05, 0.1) is 5.60 Å². The van der Waals surface area contributed by atoms with E-state index in [-0.39, 0.29) is 5.60 Å². The number of aliphatic hydroxyl groups is 1. The minimum Gasteiger partial charge on any atom is -0.390 e. The summed E-state index contributed by atoms with van der Waals surface area (Å²) in [5, 5.41) is 9.94. The van der Waals surface area contributed by atoms with Crippen molar-refractivity contribution in [3.05, 3.63) is 34.9 Å². The Kier molecular flexibility index (Phi) is 2.59. The van der Waals surface area contributed by atoms with Gasteiger partial charge in [0.1, 0.15) is 0 Å². The molecule has 0 atom stereocenters. The van der Waals surface area contributed by atoms with Gasteiger partial charge in [0.15, 0.2) is 0 Å². The van der Waals surface area contributed by atoms with Crippen molar-refractivity contribution in [3.8, 4) is 0 Å². The molecule has 15 heavy (non-hydrogen) atoms. The van der Waals surface area contributed by atoms with Crippen LogP contribution < -0.4 is 0 Å². The molecular weight excluding hydrogens is 184 g/mol. The van der Waals surface area contributed by atoms with E-state index in [0.29, 0.717) is 5.92 Å². The predicted octanol–water partition coefficient (Wildman–Crippen LogP) is 3.19. The molecule has 0 heterocycles. The summed E-state index contributed by atoms with van der Waals surface area (Å²) in [6, 6.07) is 6.63. The first kappa shape index (κ1) is 10.7. The number of aryl methyl sites for hydroxylation is 1. The first-order valence-electron chi connectivity index (χ1n) is 5.82. The highest BCUT2D eigenvalue weighted by atomic mass is 16.3. The molecular formula is C14H20O. The third-order valence-corrected chi connectivity index (χ3v) is 3.39. The van der Waals surface area contributed by atoms with Gasteiger partial charge in [0.25, 0.3) is 0 Å². The quantitative estimate of drug-likeness (QED) is 0.801. The van der Waals surface area contributed by atoms with Crippen LogP contribution in [0.5, 0.6) is 0 Å². The lowest BCUT2D eigenvalue weighted by molar-refractivity contribution is 0.150. The molecule has 0 amide bonds. The monoisotopic (exact) mass is 204 g/mol. The van der Waals surface area contributed by atoms with Crippen LogP contribution in [-0.2, 0) is 6.42 Å². The van der Waals surface area contributed by atoms with E-state index in [4.69, 9.17) is 0 Å². The van der Waals surface area contributed by atoms with Gasteiger partial charge in [-0.3, -0.25) is 0 Å². The summed E-state index contributed by atoms with van der Waals surface area (Å²) in [5.41, 5.74) is 3.63. The van der Waals surface area contributed by atoms with Gasteiger partial charge >= 0.3 is 0 Å². The maximum absolute atomic E-state index is 9.94. The van der Waals surface area contributed by atoms with E-state index in [1.54, 1.807) is 0 Å². The molecule has 1 aliphatic carbocycles. The first-order chi connectivity index (χ1) is 7.00. The lowest BCUT2D eigenvalue weighted by Gasteiger charge is -2.14. The van der Waals surface area contributed by atoms with E-state index in [0.717, 1.165) is 19.3 Å². The highest BCUT2D eigenvalue weighted by Gasteiger charge is 2.40. The zero-order valence-corrected chi connectivity index (χ0v) is 9.88. The van der Waals surface area contributed by atoms with E-state index in [1.807, 2.05) is 0 Å². The molecule has 1 fully saturated rings. The average molecular weight is 204 g/mol. The summed E-state index contributed by atoms with van der Waals surface area (Å²) in [6.07, 6.45) is 2.77. The molecule has 0 radical (unpaired) electrons. The van der Waals surface area contributed by atoms with Crippen molar-refractivity contribution < 1.29 is 5.11 Å². The topological polar surface area (TPSA) is 20.2 Å². The summed E-state index contributed by atoms with van der Waals surface area (Å²) in [6.45, 7) is 6.55. The van der Waals surface area contributed by atoms with Crippen LogP contribution in [0, 0.1) is 6.92 Å². The fraction of sp³-hybridized carbons (Fsp3) is 0.571.